The Morgan fingerprint density at radius 2 is 0.796 bits per heavy atom. The molecule has 9 aromatic rings. The molecular weight excluding hydrogens is 599 g/mol. The van der Waals surface area contributed by atoms with Gasteiger partial charge in [-0.2, -0.15) is 0 Å². The van der Waals surface area contributed by atoms with Gasteiger partial charge in [0.25, 0.3) is 0 Å². The Labute approximate surface area is 283 Å². The first-order valence-corrected chi connectivity index (χ1v) is 16.4. The molecule has 4 heteroatoms. The van der Waals surface area contributed by atoms with Gasteiger partial charge >= 0.3 is 0 Å². The fourth-order valence-electron chi connectivity index (χ4n) is 7.17. The number of rotatable bonds is 5. The van der Waals surface area contributed by atoms with E-state index >= 15 is 0 Å². The molecule has 0 bridgehead atoms. The summed E-state index contributed by atoms with van der Waals surface area (Å²) in [4.78, 5) is 15.2. The van der Waals surface area contributed by atoms with E-state index in [1.807, 2.05) is 48.5 Å². The molecule has 0 saturated heterocycles. The molecule has 0 spiro atoms. The lowest BCUT2D eigenvalue weighted by molar-refractivity contribution is 0.494. The largest absolute Gasteiger partial charge is 0.455 e. The maximum absolute atomic E-state index is 6.77. The van der Waals surface area contributed by atoms with E-state index in [9.17, 15) is 0 Å². The van der Waals surface area contributed by atoms with Crippen LogP contribution in [0.3, 0.4) is 0 Å². The summed E-state index contributed by atoms with van der Waals surface area (Å²) >= 11 is 0. The van der Waals surface area contributed by atoms with Gasteiger partial charge in [-0.05, 0) is 50.5 Å². The zero-order valence-electron chi connectivity index (χ0n) is 26.3. The van der Waals surface area contributed by atoms with Crippen LogP contribution in [0.4, 0.5) is 0 Å². The fourth-order valence-corrected chi connectivity index (χ4v) is 7.17. The molecular formula is C45H27N3O. The third-order valence-corrected chi connectivity index (χ3v) is 9.51. The van der Waals surface area contributed by atoms with E-state index < -0.39 is 0 Å². The van der Waals surface area contributed by atoms with Crippen LogP contribution in [0.15, 0.2) is 164 Å². The van der Waals surface area contributed by atoms with Crippen LogP contribution in [0, 0.1) is 0 Å². The molecule has 1 aliphatic heterocycles. The average Bonchev–Trinajstić information content (AvgIpc) is 3.18. The second-order valence-corrected chi connectivity index (χ2v) is 12.4. The Bertz CT molecular complexity index is 2720. The van der Waals surface area contributed by atoms with Crippen molar-refractivity contribution in [1.82, 2.24) is 15.0 Å². The maximum Gasteiger partial charge on any atom is 0.167 e. The van der Waals surface area contributed by atoms with Gasteiger partial charge in [-0.1, -0.05) is 152 Å². The highest BCUT2D eigenvalue weighted by Crippen LogP contribution is 2.50. The van der Waals surface area contributed by atoms with Crippen LogP contribution in [0.5, 0.6) is 11.5 Å². The number of aromatic nitrogens is 3. The SMILES string of the molecule is c1ccc(-c2nc(-c3ccc(-c4ccccc4-c4ccccc4)cc3)nc(-c3ccc4ccc5ccc6cccc7c6c5c4c3O7)n2)cc1. The summed E-state index contributed by atoms with van der Waals surface area (Å²) in [7, 11) is 0. The predicted molar refractivity (Wildman–Crippen MR) is 200 cm³/mol. The summed E-state index contributed by atoms with van der Waals surface area (Å²) in [6.45, 7) is 0. The Morgan fingerprint density at radius 3 is 1.47 bits per heavy atom. The van der Waals surface area contributed by atoms with E-state index in [0.717, 1.165) is 55.3 Å². The minimum absolute atomic E-state index is 0.572. The minimum Gasteiger partial charge on any atom is -0.455 e. The lowest BCUT2D eigenvalue weighted by Gasteiger charge is -2.22. The monoisotopic (exact) mass is 625 g/mol. The van der Waals surface area contributed by atoms with Crippen molar-refractivity contribution in [3.05, 3.63) is 164 Å². The van der Waals surface area contributed by atoms with Crippen LogP contribution in [-0.4, -0.2) is 15.0 Å². The number of benzene rings is 8. The van der Waals surface area contributed by atoms with Crippen LogP contribution in [-0.2, 0) is 0 Å². The highest BCUT2D eigenvalue weighted by Gasteiger charge is 2.24. The van der Waals surface area contributed by atoms with E-state index in [4.69, 9.17) is 19.7 Å². The summed E-state index contributed by atoms with van der Waals surface area (Å²) < 4.78 is 6.77. The van der Waals surface area contributed by atoms with Gasteiger partial charge in [-0.25, -0.2) is 15.0 Å². The second kappa shape index (κ2) is 11.0. The lowest BCUT2D eigenvalue weighted by Crippen LogP contribution is -2.03. The van der Waals surface area contributed by atoms with Crippen LogP contribution in [0.1, 0.15) is 0 Å². The molecule has 4 nitrogen and oxygen atoms in total. The van der Waals surface area contributed by atoms with Crippen molar-refractivity contribution >= 4 is 32.3 Å². The van der Waals surface area contributed by atoms with Gasteiger partial charge in [0.15, 0.2) is 17.5 Å². The van der Waals surface area contributed by atoms with Crippen molar-refractivity contribution in [1.29, 1.82) is 0 Å². The number of ether oxygens (including phenoxy) is 1. The Hall–Kier alpha value is -6.65. The molecule has 0 unspecified atom stereocenters. The Morgan fingerprint density at radius 1 is 0.306 bits per heavy atom. The number of hydrogen-bond donors (Lipinski definition) is 0. The van der Waals surface area contributed by atoms with Crippen molar-refractivity contribution in [2.75, 3.05) is 0 Å². The summed E-state index contributed by atoms with van der Waals surface area (Å²) in [5, 5.41) is 6.91. The number of nitrogens with zero attached hydrogens (tertiary/aromatic N) is 3. The van der Waals surface area contributed by atoms with Crippen molar-refractivity contribution in [3.8, 4) is 67.9 Å². The molecule has 0 N–H and O–H groups in total. The average molecular weight is 626 g/mol. The fraction of sp³-hybridized carbons (Fsp3) is 0. The molecule has 49 heavy (non-hydrogen) atoms. The van der Waals surface area contributed by atoms with Gasteiger partial charge < -0.3 is 4.74 Å². The van der Waals surface area contributed by atoms with Gasteiger partial charge in [-0.15, -0.1) is 0 Å². The van der Waals surface area contributed by atoms with Crippen molar-refractivity contribution < 1.29 is 4.74 Å². The molecule has 228 valence electrons. The quantitative estimate of drug-likeness (QED) is 0.179. The second-order valence-electron chi connectivity index (χ2n) is 12.4. The van der Waals surface area contributed by atoms with E-state index in [1.165, 1.54) is 27.5 Å². The summed E-state index contributed by atoms with van der Waals surface area (Å²) in [5.41, 5.74) is 7.36. The third-order valence-electron chi connectivity index (χ3n) is 9.51. The molecule has 0 saturated carbocycles. The van der Waals surface area contributed by atoms with Crippen LogP contribution < -0.4 is 4.74 Å². The zero-order valence-corrected chi connectivity index (χ0v) is 26.3. The van der Waals surface area contributed by atoms with Crippen LogP contribution in [0.25, 0.3) is 88.7 Å². The van der Waals surface area contributed by atoms with Gasteiger partial charge in [0.1, 0.15) is 11.5 Å². The van der Waals surface area contributed by atoms with Gasteiger partial charge in [0, 0.05) is 27.3 Å². The molecule has 0 aliphatic carbocycles. The first kappa shape index (κ1) is 27.5. The molecule has 0 amide bonds. The molecule has 0 atom stereocenters. The topological polar surface area (TPSA) is 47.9 Å². The van der Waals surface area contributed by atoms with Crippen LogP contribution >= 0.6 is 0 Å². The normalized spacial score (nSPS) is 11.8. The first-order valence-electron chi connectivity index (χ1n) is 16.4. The molecule has 2 heterocycles. The zero-order chi connectivity index (χ0) is 32.3. The standard InChI is InChI=1S/C45H27N3O/c1-3-10-28(11-4-1)35-15-7-8-16-36(35)29-18-24-34(25-19-29)44-46-43(33-12-5-2-6-13-33)47-45(48-44)37-27-26-32-23-22-31-21-20-30-14-9-17-38-39(30)40(31)41(32)42(37)49-38/h1-27H. The Kier molecular flexibility index (Phi) is 6.15. The Balaban J connectivity index is 1.15. The van der Waals surface area contributed by atoms with E-state index in [2.05, 4.69) is 115 Å². The van der Waals surface area contributed by atoms with Gasteiger partial charge in [0.05, 0.1) is 5.56 Å². The van der Waals surface area contributed by atoms with Crippen molar-refractivity contribution in [2.24, 2.45) is 0 Å². The lowest BCUT2D eigenvalue weighted by atomic mass is 9.92. The molecule has 1 aliphatic rings. The summed E-state index contributed by atoms with van der Waals surface area (Å²) in [6, 6.07) is 56.8. The highest BCUT2D eigenvalue weighted by molar-refractivity contribution is 6.26. The summed E-state index contributed by atoms with van der Waals surface area (Å²) in [5.74, 6) is 3.42. The maximum atomic E-state index is 6.77. The summed E-state index contributed by atoms with van der Waals surface area (Å²) in [6.07, 6.45) is 0. The van der Waals surface area contributed by atoms with E-state index in [-0.39, 0.29) is 0 Å². The molecule has 0 radical (unpaired) electrons. The minimum atomic E-state index is 0.572. The van der Waals surface area contributed by atoms with E-state index in [0.29, 0.717) is 17.5 Å². The van der Waals surface area contributed by atoms with Crippen molar-refractivity contribution in [2.45, 2.75) is 0 Å². The molecule has 0 fully saturated rings. The third kappa shape index (κ3) is 4.49. The predicted octanol–water partition coefficient (Wildman–Crippen LogP) is 11.8. The smallest absolute Gasteiger partial charge is 0.167 e. The van der Waals surface area contributed by atoms with Gasteiger partial charge in [-0.3, -0.25) is 0 Å². The molecule has 8 aromatic carbocycles. The number of hydrogen-bond acceptors (Lipinski definition) is 4. The molecule has 10 rings (SSSR count). The van der Waals surface area contributed by atoms with Crippen molar-refractivity contribution in [3.63, 3.8) is 0 Å². The van der Waals surface area contributed by atoms with Gasteiger partial charge in [0.2, 0.25) is 0 Å². The van der Waals surface area contributed by atoms with Crippen LogP contribution in [0.2, 0.25) is 0 Å². The highest BCUT2D eigenvalue weighted by atomic mass is 16.5. The molecule has 1 aromatic heterocycles. The van der Waals surface area contributed by atoms with E-state index in [1.54, 1.807) is 0 Å². The first-order chi connectivity index (χ1) is 24.3.